The fourth-order valence-corrected chi connectivity index (χ4v) is 3.52. The Balaban J connectivity index is 1.76. The maximum absolute atomic E-state index is 12.8. The number of nitrogens with one attached hydrogen (secondary N) is 1. The third-order valence-corrected chi connectivity index (χ3v) is 5.03. The summed E-state index contributed by atoms with van der Waals surface area (Å²) >= 11 is 0. The van der Waals surface area contributed by atoms with Crippen LogP contribution in [0.3, 0.4) is 0 Å². The second kappa shape index (κ2) is 7.82. The Labute approximate surface area is 158 Å². The lowest BCUT2D eigenvalue weighted by Crippen LogP contribution is -2.36. The molecule has 1 aliphatic heterocycles. The van der Waals surface area contributed by atoms with Crippen molar-refractivity contribution in [3.63, 3.8) is 0 Å². The predicted octanol–water partition coefficient (Wildman–Crippen LogP) is 1.57. The van der Waals surface area contributed by atoms with Crippen molar-refractivity contribution in [2.24, 2.45) is 0 Å². The van der Waals surface area contributed by atoms with Gasteiger partial charge in [-0.15, -0.1) is 0 Å². The summed E-state index contributed by atoms with van der Waals surface area (Å²) in [7, 11) is 3.23. The Morgan fingerprint density at radius 1 is 1.11 bits per heavy atom. The Morgan fingerprint density at radius 2 is 1.67 bits per heavy atom. The molecule has 0 saturated carbocycles. The quantitative estimate of drug-likeness (QED) is 0.882. The molecule has 1 aromatic carbocycles. The van der Waals surface area contributed by atoms with E-state index in [-0.39, 0.29) is 17.9 Å². The van der Waals surface area contributed by atoms with Gasteiger partial charge in [0.05, 0.1) is 20.6 Å². The monoisotopic (exact) mass is 371 g/mol. The van der Waals surface area contributed by atoms with E-state index in [1.165, 1.54) is 0 Å². The maximum Gasteiger partial charge on any atom is 0.254 e. The van der Waals surface area contributed by atoms with Gasteiger partial charge in [-0.05, 0) is 49.9 Å². The molecule has 144 valence electrons. The fraction of sp³-hybridized carbons (Fsp3) is 0.450. The van der Waals surface area contributed by atoms with Gasteiger partial charge < -0.3 is 19.4 Å². The van der Waals surface area contributed by atoms with Crippen molar-refractivity contribution in [3.05, 3.63) is 50.7 Å². The van der Waals surface area contributed by atoms with E-state index in [0.29, 0.717) is 41.7 Å². The zero-order chi connectivity index (χ0) is 19.6. The fourth-order valence-electron chi connectivity index (χ4n) is 3.52. The highest BCUT2D eigenvalue weighted by atomic mass is 16.5. The molecule has 0 unspecified atom stereocenters. The van der Waals surface area contributed by atoms with Crippen LogP contribution in [0, 0.1) is 13.8 Å². The Hall–Kier alpha value is -2.83. The number of amides is 1. The molecule has 27 heavy (non-hydrogen) atoms. The molecule has 1 aliphatic rings. The highest BCUT2D eigenvalue weighted by molar-refractivity contribution is 5.79. The molecule has 2 heterocycles. The standard InChI is InChI=1S/C20H25N3O4/c1-12-16(20(25)22-13(2)21-12)11-19(24)23-7-5-14-9-17(26-3)18(27-4)10-15(14)6-8-23/h9-10H,5-8,11H2,1-4H3,(H,21,22,25). The third-order valence-electron chi connectivity index (χ3n) is 5.03. The van der Waals surface area contributed by atoms with Gasteiger partial charge in [0.1, 0.15) is 5.82 Å². The molecular formula is C20H25N3O4. The Morgan fingerprint density at radius 3 is 2.15 bits per heavy atom. The van der Waals surface area contributed by atoms with Gasteiger partial charge in [-0.1, -0.05) is 0 Å². The minimum absolute atomic E-state index is 0.0546. The number of aromatic amines is 1. The first kappa shape index (κ1) is 18.9. The zero-order valence-corrected chi connectivity index (χ0v) is 16.2. The number of aromatic nitrogens is 2. The summed E-state index contributed by atoms with van der Waals surface area (Å²) in [6, 6.07) is 3.97. The van der Waals surface area contributed by atoms with Gasteiger partial charge in [0.2, 0.25) is 5.91 Å². The van der Waals surface area contributed by atoms with Gasteiger partial charge in [0.25, 0.3) is 5.56 Å². The van der Waals surface area contributed by atoms with Crippen LogP contribution in [0.2, 0.25) is 0 Å². The average Bonchev–Trinajstić information content (AvgIpc) is 2.85. The number of methoxy groups -OCH3 is 2. The van der Waals surface area contributed by atoms with Gasteiger partial charge in [-0.3, -0.25) is 9.59 Å². The number of H-pyrrole nitrogens is 1. The van der Waals surface area contributed by atoms with Crippen molar-refractivity contribution in [1.29, 1.82) is 0 Å². The summed E-state index contributed by atoms with van der Waals surface area (Å²) in [5, 5.41) is 0. The van der Waals surface area contributed by atoms with E-state index in [4.69, 9.17) is 9.47 Å². The minimum atomic E-state index is -0.235. The number of benzene rings is 1. The van der Waals surface area contributed by atoms with Crippen molar-refractivity contribution >= 4 is 5.91 Å². The second-order valence-corrected chi connectivity index (χ2v) is 6.75. The Bertz CT molecular complexity index is 885. The van der Waals surface area contributed by atoms with E-state index in [0.717, 1.165) is 24.0 Å². The smallest absolute Gasteiger partial charge is 0.254 e. The number of hydrogen-bond acceptors (Lipinski definition) is 5. The molecule has 3 rings (SSSR count). The lowest BCUT2D eigenvalue weighted by Gasteiger charge is -2.20. The molecular weight excluding hydrogens is 346 g/mol. The van der Waals surface area contributed by atoms with Gasteiger partial charge >= 0.3 is 0 Å². The van der Waals surface area contributed by atoms with Crippen LogP contribution in [0.4, 0.5) is 0 Å². The van der Waals surface area contributed by atoms with Crippen molar-refractivity contribution in [1.82, 2.24) is 14.9 Å². The van der Waals surface area contributed by atoms with Crippen LogP contribution in [0.1, 0.15) is 28.2 Å². The molecule has 0 aliphatic carbocycles. The summed E-state index contributed by atoms with van der Waals surface area (Å²) in [6.07, 6.45) is 1.54. The molecule has 0 atom stereocenters. The minimum Gasteiger partial charge on any atom is -0.493 e. The zero-order valence-electron chi connectivity index (χ0n) is 16.2. The van der Waals surface area contributed by atoms with Gasteiger partial charge in [-0.2, -0.15) is 0 Å². The van der Waals surface area contributed by atoms with E-state index < -0.39 is 0 Å². The number of rotatable bonds is 4. The topological polar surface area (TPSA) is 84.5 Å². The van der Waals surface area contributed by atoms with E-state index in [2.05, 4.69) is 9.97 Å². The highest BCUT2D eigenvalue weighted by Gasteiger charge is 2.22. The van der Waals surface area contributed by atoms with Crippen LogP contribution < -0.4 is 15.0 Å². The molecule has 2 aromatic rings. The number of hydrogen-bond donors (Lipinski definition) is 1. The van der Waals surface area contributed by atoms with Crippen molar-refractivity contribution in [2.75, 3.05) is 27.3 Å². The number of aryl methyl sites for hydroxylation is 2. The van der Waals surface area contributed by atoms with Gasteiger partial charge in [-0.25, -0.2) is 4.98 Å². The number of carbonyl (C=O) groups excluding carboxylic acids is 1. The molecule has 1 N–H and O–H groups in total. The molecule has 0 bridgehead atoms. The molecule has 0 saturated heterocycles. The van der Waals surface area contributed by atoms with Crippen molar-refractivity contribution in [2.45, 2.75) is 33.1 Å². The average molecular weight is 371 g/mol. The number of carbonyl (C=O) groups is 1. The first-order valence-electron chi connectivity index (χ1n) is 9.01. The SMILES string of the molecule is COc1cc2c(cc1OC)CCN(C(=O)Cc1c(C)nc(C)[nH]c1=O)CC2. The van der Waals surface area contributed by atoms with Gasteiger partial charge in [0, 0.05) is 24.3 Å². The number of fused-ring (bicyclic) bond motifs is 1. The van der Waals surface area contributed by atoms with Crippen LogP contribution in [0.25, 0.3) is 0 Å². The first-order chi connectivity index (χ1) is 12.9. The van der Waals surface area contributed by atoms with Crippen molar-refractivity contribution < 1.29 is 14.3 Å². The van der Waals surface area contributed by atoms with Crippen molar-refractivity contribution in [3.8, 4) is 11.5 Å². The molecule has 0 fully saturated rings. The molecule has 0 radical (unpaired) electrons. The Kier molecular flexibility index (Phi) is 5.48. The highest BCUT2D eigenvalue weighted by Crippen LogP contribution is 2.32. The normalized spacial score (nSPS) is 13.7. The summed E-state index contributed by atoms with van der Waals surface area (Å²) < 4.78 is 10.8. The van der Waals surface area contributed by atoms with Crippen LogP contribution in [0.5, 0.6) is 11.5 Å². The van der Waals surface area contributed by atoms with E-state index >= 15 is 0 Å². The number of nitrogens with zero attached hydrogens (tertiary/aromatic N) is 2. The van der Waals surface area contributed by atoms with Crippen LogP contribution in [-0.2, 0) is 24.1 Å². The van der Waals surface area contributed by atoms with Crippen LogP contribution >= 0.6 is 0 Å². The second-order valence-electron chi connectivity index (χ2n) is 6.75. The molecule has 1 aromatic heterocycles. The molecule has 7 nitrogen and oxygen atoms in total. The van der Waals surface area contributed by atoms with E-state index in [1.807, 2.05) is 17.0 Å². The lowest BCUT2D eigenvalue weighted by molar-refractivity contribution is -0.130. The van der Waals surface area contributed by atoms with Gasteiger partial charge in [0.15, 0.2) is 11.5 Å². The summed E-state index contributed by atoms with van der Waals surface area (Å²) in [5.41, 5.74) is 3.14. The third kappa shape index (κ3) is 3.97. The van der Waals surface area contributed by atoms with E-state index in [9.17, 15) is 9.59 Å². The van der Waals surface area contributed by atoms with Crippen LogP contribution in [0.15, 0.2) is 16.9 Å². The summed E-state index contributed by atoms with van der Waals surface area (Å²) in [6.45, 7) is 4.71. The lowest BCUT2D eigenvalue weighted by atomic mass is 10.0. The molecule has 0 spiro atoms. The largest absolute Gasteiger partial charge is 0.493 e. The summed E-state index contributed by atoms with van der Waals surface area (Å²) in [4.78, 5) is 33.7. The maximum atomic E-state index is 12.8. The first-order valence-corrected chi connectivity index (χ1v) is 9.01. The van der Waals surface area contributed by atoms with Crippen LogP contribution in [-0.4, -0.2) is 48.1 Å². The number of ether oxygens (including phenoxy) is 2. The molecule has 7 heteroatoms. The summed E-state index contributed by atoms with van der Waals surface area (Å²) in [5.74, 6) is 1.90. The molecule has 1 amide bonds. The predicted molar refractivity (Wildman–Crippen MR) is 102 cm³/mol. The van der Waals surface area contributed by atoms with E-state index in [1.54, 1.807) is 28.1 Å².